The molecule has 0 aliphatic heterocycles. The SMILES string of the molecule is COc1ccc(C(=O)C[n+]2ccccc2-c2nc(-c3ccc(Cl)cc3)cs2)cc1.[Br-]. The van der Waals surface area contributed by atoms with Gasteiger partial charge in [-0.25, -0.2) is 4.98 Å². The Labute approximate surface area is 194 Å². The summed E-state index contributed by atoms with van der Waals surface area (Å²) in [7, 11) is 1.61. The van der Waals surface area contributed by atoms with E-state index in [1.165, 1.54) is 0 Å². The number of pyridine rings is 1. The van der Waals surface area contributed by atoms with Crippen LogP contribution in [-0.2, 0) is 6.54 Å². The van der Waals surface area contributed by atoms with E-state index in [1.54, 1.807) is 42.7 Å². The molecule has 4 rings (SSSR count). The number of carbonyl (C=O) groups excluding carboxylic acids is 1. The second-order valence-corrected chi connectivity index (χ2v) is 7.70. The van der Waals surface area contributed by atoms with E-state index in [9.17, 15) is 4.79 Å². The lowest BCUT2D eigenvalue weighted by Crippen LogP contribution is -3.00. The number of methoxy groups -OCH3 is 1. The van der Waals surface area contributed by atoms with Gasteiger partial charge in [0.25, 0.3) is 0 Å². The molecule has 0 radical (unpaired) electrons. The minimum absolute atomic E-state index is 0. The first-order valence-electron chi connectivity index (χ1n) is 9.01. The number of ether oxygens (including phenoxy) is 1. The second-order valence-electron chi connectivity index (χ2n) is 6.41. The number of rotatable bonds is 6. The van der Waals surface area contributed by atoms with E-state index in [0.717, 1.165) is 27.7 Å². The monoisotopic (exact) mass is 500 g/mol. The van der Waals surface area contributed by atoms with Gasteiger partial charge in [0.15, 0.2) is 11.2 Å². The zero-order valence-corrected chi connectivity index (χ0v) is 19.2. The molecule has 0 aliphatic rings. The Morgan fingerprint density at radius 1 is 1.07 bits per heavy atom. The molecule has 0 fully saturated rings. The van der Waals surface area contributed by atoms with Crippen LogP contribution in [0.15, 0.2) is 78.3 Å². The third-order valence-corrected chi connectivity index (χ3v) is 5.65. The fraction of sp³-hybridized carbons (Fsp3) is 0.0870. The highest BCUT2D eigenvalue weighted by Gasteiger charge is 2.20. The van der Waals surface area contributed by atoms with Crippen LogP contribution in [-0.4, -0.2) is 17.9 Å². The lowest BCUT2D eigenvalue weighted by Gasteiger charge is -2.03. The van der Waals surface area contributed by atoms with Gasteiger partial charge in [-0.3, -0.25) is 4.79 Å². The first-order valence-corrected chi connectivity index (χ1v) is 10.3. The number of benzene rings is 2. The van der Waals surface area contributed by atoms with Gasteiger partial charge in [0.2, 0.25) is 18.0 Å². The zero-order chi connectivity index (χ0) is 20.2. The normalized spacial score (nSPS) is 10.3. The van der Waals surface area contributed by atoms with E-state index in [0.29, 0.717) is 10.6 Å². The Bertz CT molecular complexity index is 1140. The van der Waals surface area contributed by atoms with Crippen molar-refractivity contribution >= 4 is 28.7 Å². The average molecular weight is 502 g/mol. The van der Waals surface area contributed by atoms with E-state index in [-0.39, 0.29) is 29.3 Å². The second kappa shape index (κ2) is 9.98. The van der Waals surface area contributed by atoms with Gasteiger partial charge in [-0.2, -0.15) is 4.57 Å². The molecule has 2 heterocycles. The summed E-state index contributed by atoms with van der Waals surface area (Å²) < 4.78 is 7.09. The van der Waals surface area contributed by atoms with Crippen molar-refractivity contribution < 1.29 is 31.1 Å². The van der Waals surface area contributed by atoms with Crippen molar-refractivity contribution in [2.45, 2.75) is 6.54 Å². The molecule has 0 atom stereocenters. The van der Waals surface area contributed by atoms with Gasteiger partial charge in [-0.05, 0) is 42.5 Å². The van der Waals surface area contributed by atoms with Crippen LogP contribution < -0.4 is 26.3 Å². The van der Waals surface area contributed by atoms with Crippen molar-refractivity contribution in [3.63, 3.8) is 0 Å². The highest BCUT2D eigenvalue weighted by atomic mass is 79.9. The number of halogens is 2. The van der Waals surface area contributed by atoms with Gasteiger partial charge >= 0.3 is 0 Å². The summed E-state index contributed by atoms with van der Waals surface area (Å²) in [5.41, 5.74) is 3.45. The Balaban J connectivity index is 0.00000256. The maximum Gasteiger partial charge on any atom is 0.241 e. The Morgan fingerprint density at radius 3 is 2.50 bits per heavy atom. The Hall–Kier alpha value is -2.54. The van der Waals surface area contributed by atoms with Crippen molar-refractivity contribution in [2.24, 2.45) is 0 Å². The summed E-state index contributed by atoms with van der Waals surface area (Å²) >= 11 is 7.53. The number of nitrogens with zero attached hydrogens (tertiary/aromatic N) is 2. The van der Waals surface area contributed by atoms with Crippen molar-refractivity contribution in [2.75, 3.05) is 7.11 Å². The van der Waals surface area contributed by atoms with E-state index in [1.807, 2.05) is 58.6 Å². The van der Waals surface area contributed by atoms with Gasteiger partial charge in [0.1, 0.15) is 5.75 Å². The number of Topliss-reactive ketones (excluding diaryl/α,β-unsaturated/α-hetero) is 1. The molecule has 0 saturated carbocycles. The van der Waals surface area contributed by atoms with Gasteiger partial charge in [0, 0.05) is 33.7 Å². The molecular weight excluding hydrogens is 484 g/mol. The summed E-state index contributed by atoms with van der Waals surface area (Å²) in [6.45, 7) is 0.234. The predicted molar refractivity (Wildman–Crippen MR) is 116 cm³/mol. The third-order valence-electron chi connectivity index (χ3n) is 4.53. The highest BCUT2D eigenvalue weighted by molar-refractivity contribution is 7.13. The minimum Gasteiger partial charge on any atom is -1.00 e. The number of ketones is 1. The fourth-order valence-electron chi connectivity index (χ4n) is 2.98. The molecule has 0 unspecified atom stereocenters. The minimum atomic E-state index is 0. The first-order chi connectivity index (χ1) is 14.1. The van der Waals surface area contributed by atoms with Gasteiger partial charge < -0.3 is 21.7 Å². The Morgan fingerprint density at radius 2 is 1.80 bits per heavy atom. The van der Waals surface area contributed by atoms with Crippen LogP contribution in [0, 0.1) is 0 Å². The molecule has 30 heavy (non-hydrogen) atoms. The number of aromatic nitrogens is 2. The van der Waals surface area contributed by atoms with Crippen molar-refractivity contribution in [3.8, 4) is 27.7 Å². The molecule has 0 aliphatic carbocycles. The predicted octanol–water partition coefficient (Wildman–Crippen LogP) is 2.31. The smallest absolute Gasteiger partial charge is 0.241 e. The molecule has 7 heteroatoms. The molecule has 0 amide bonds. The number of hydrogen-bond donors (Lipinski definition) is 0. The van der Waals surface area contributed by atoms with Crippen LogP contribution >= 0.6 is 22.9 Å². The van der Waals surface area contributed by atoms with Crippen LogP contribution in [0.1, 0.15) is 10.4 Å². The molecule has 0 N–H and O–H groups in total. The molecule has 2 aromatic heterocycles. The van der Waals surface area contributed by atoms with Crippen LogP contribution in [0.5, 0.6) is 5.75 Å². The summed E-state index contributed by atoms with van der Waals surface area (Å²) in [5, 5.41) is 3.57. The average Bonchev–Trinajstić information content (AvgIpc) is 3.25. The van der Waals surface area contributed by atoms with Crippen molar-refractivity contribution in [3.05, 3.63) is 88.9 Å². The van der Waals surface area contributed by atoms with Gasteiger partial charge in [0.05, 0.1) is 12.8 Å². The number of thiazole rings is 1. The maximum atomic E-state index is 12.8. The molecule has 4 aromatic rings. The lowest BCUT2D eigenvalue weighted by atomic mass is 10.1. The highest BCUT2D eigenvalue weighted by Crippen LogP contribution is 2.28. The largest absolute Gasteiger partial charge is 1.00 e. The molecule has 0 saturated heterocycles. The molecule has 2 aromatic carbocycles. The van der Waals surface area contributed by atoms with Crippen LogP contribution in [0.25, 0.3) is 22.0 Å². The molecular formula is C23H18BrClN2O2S. The van der Waals surface area contributed by atoms with Crippen molar-refractivity contribution in [1.82, 2.24) is 4.98 Å². The van der Waals surface area contributed by atoms with E-state index in [4.69, 9.17) is 21.3 Å². The van der Waals surface area contributed by atoms with Crippen LogP contribution in [0.4, 0.5) is 0 Å². The van der Waals surface area contributed by atoms with E-state index < -0.39 is 0 Å². The van der Waals surface area contributed by atoms with Gasteiger partial charge in [-0.1, -0.05) is 23.7 Å². The fourth-order valence-corrected chi connectivity index (χ4v) is 3.97. The molecule has 152 valence electrons. The number of carbonyl (C=O) groups is 1. The Kier molecular flexibility index (Phi) is 7.37. The van der Waals surface area contributed by atoms with Crippen LogP contribution in [0.3, 0.4) is 0 Å². The zero-order valence-electron chi connectivity index (χ0n) is 16.1. The molecule has 4 nitrogen and oxygen atoms in total. The summed E-state index contributed by atoms with van der Waals surface area (Å²) in [6.07, 6.45) is 1.90. The maximum absolute atomic E-state index is 12.8. The standard InChI is InChI=1S/C23H18ClN2O2S.BrH/c1-28-19-11-7-17(8-12-19)22(27)14-26-13-3-2-4-21(26)23-25-20(15-29-23)16-5-9-18(24)10-6-16;/h2-13,15H,14H2,1H3;1H/q+1;/p-1. The van der Waals surface area contributed by atoms with Crippen molar-refractivity contribution in [1.29, 1.82) is 0 Å². The van der Waals surface area contributed by atoms with E-state index in [2.05, 4.69) is 0 Å². The topological polar surface area (TPSA) is 43.1 Å². The quantitative estimate of drug-likeness (QED) is 0.301. The lowest BCUT2D eigenvalue weighted by molar-refractivity contribution is -0.672. The first kappa shape index (κ1) is 22.2. The third kappa shape index (κ3) is 4.95. The summed E-state index contributed by atoms with van der Waals surface area (Å²) in [6, 6.07) is 20.6. The summed E-state index contributed by atoms with van der Waals surface area (Å²) in [4.78, 5) is 17.5. The van der Waals surface area contributed by atoms with E-state index >= 15 is 0 Å². The number of hydrogen-bond acceptors (Lipinski definition) is 4. The summed E-state index contributed by atoms with van der Waals surface area (Å²) in [5.74, 6) is 0.756. The van der Waals surface area contributed by atoms with Crippen LogP contribution in [0.2, 0.25) is 5.02 Å². The molecule has 0 bridgehead atoms. The van der Waals surface area contributed by atoms with Gasteiger partial charge in [-0.15, -0.1) is 11.3 Å². The molecule has 0 spiro atoms.